The van der Waals surface area contributed by atoms with Crippen LogP contribution in [0.5, 0.6) is 0 Å². The molecule has 0 aliphatic heterocycles. The quantitative estimate of drug-likeness (QED) is 0.882. The lowest BCUT2D eigenvalue weighted by Crippen LogP contribution is -2.08. The number of carboxylic acids is 1. The lowest BCUT2D eigenvalue weighted by Gasteiger charge is -2.02. The number of hydrogen-bond acceptors (Lipinski definition) is 1. The Morgan fingerprint density at radius 3 is 2.80 bits per heavy atom. The molecule has 2 aromatic rings. The number of fused-ring (bicyclic) bond motifs is 1. The summed E-state index contributed by atoms with van der Waals surface area (Å²) >= 11 is 11.9. The molecule has 1 aromatic carbocycles. The highest BCUT2D eigenvalue weighted by molar-refractivity contribution is 6.37. The number of carbonyl (C=O) groups is 1. The highest BCUT2D eigenvalue weighted by Crippen LogP contribution is 2.29. The molecular formula is C10H7Cl2NO2. The topological polar surface area (TPSA) is 42.2 Å². The minimum Gasteiger partial charge on any atom is -0.480 e. The van der Waals surface area contributed by atoms with E-state index >= 15 is 0 Å². The summed E-state index contributed by atoms with van der Waals surface area (Å²) < 4.78 is 1.51. The van der Waals surface area contributed by atoms with Gasteiger partial charge in [0.15, 0.2) is 0 Å². The summed E-state index contributed by atoms with van der Waals surface area (Å²) in [6.45, 7) is -0.164. The van der Waals surface area contributed by atoms with Gasteiger partial charge < -0.3 is 9.67 Å². The van der Waals surface area contributed by atoms with Crippen molar-refractivity contribution in [2.45, 2.75) is 6.54 Å². The van der Waals surface area contributed by atoms with Crippen LogP contribution in [0.3, 0.4) is 0 Å². The van der Waals surface area contributed by atoms with Crippen LogP contribution in [0.2, 0.25) is 10.2 Å². The van der Waals surface area contributed by atoms with Crippen molar-refractivity contribution in [2.24, 2.45) is 0 Å². The van der Waals surface area contributed by atoms with E-state index in [-0.39, 0.29) is 6.54 Å². The molecule has 0 amide bonds. The second-order valence-corrected chi connectivity index (χ2v) is 3.91. The first-order chi connectivity index (χ1) is 7.09. The van der Waals surface area contributed by atoms with Crippen LogP contribution < -0.4 is 0 Å². The van der Waals surface area contributed by atoms with Gasteiger partial charge in [-0.05, 0) is 18.2 Å². The van der Waals surface area contributed by atoms with Crippen molar-refractivity contribution in [1.29, 1.82) is 0 Å². The van der Waals surface area contributed by atoms with E-state index in [4.69, 9.17) is 28.3 Å². The fourth-order valence-corrected chi connectivity index (χ4v) is 2.00. The van der Waals surface area contributed by atoms with Gasteiger partial charge in [0.1, 0.15) is 11.7 Å². The van der Waals surface area contributed by atoms with Crippen LogP contribution in [0.4, 0.5) is 0 Å². The van der Waals surface area contributed by atoms with Crippen LogP contribution in [0, 0.1) is 0 Å². The summed E-state index contributed by atoms with van der Waals surface area (Å²) in [6.07, 6.45) is 0. The molecule has 15 heavy (non-hydrogen) atoms. The zero-order valence-corrected chi connectivity index (χ0v) is 9.09. The molecule has 2 rings (SSSR count). The van der Waals surface area contributed by atoms with Gasteiger partial charge in [-0.15, -0.1) is 0 Å². The second-order valence-electron chi connectivity index (χ2n) is 3.12. The largest absolute Gasteiger partial charge is 0.480 e. The van der Waals surface area contributed by atoms with Crippen LogP contribution >= 0.6 is 23.2 Å². The van der Waals surface area contributed by atoms with Gasteiger partial charge in [-0.1, -0.05) is 29.3 Å². The summed E-state index contributed by atoms with van der Waals surface area (Å²) in [4.78, 5) is 10.6. The Morgan fingerprint density at radius 1 is 1.40 bits per heavy atom. The lowest BCUT2D eigenvalue weighted by atomic mass is 10.2. The average Bonchev–Trinajstić information content (AvgIpc) is 2.45. The van der Waals surface area contributed by atoms with Gasteiger partial charge in [-0.2, -0.15) is 0 Å². The summed E-state index contributed by atoms with van der Waals surface area (Å²) in [7, 11) is 0. The van der Waals surface area contributed by atoms with Gasteiger partial charge in [0, 0.05) is 10.4 Å². The van der Waals surface area contributed by atoms with Crippen LogP contribution in [-0.2, 0) is 11.3 Å². The van der Waals surface area contributed by atoms with Crippen LogP contribution in [0.25, 0.3) is 10.9 Å². The summed E-state index contributed by atoms with van der Waals surface area (Å²) in [5.74, 6) is -0.936. The van der Waals surface area contributed by atoms with E-state index in [1.54, 1.807) is 24.3 Å². The van der Waals surface area contributed by atoms with Crippen molar-refractivity contribution < 1.29 is 9.90 Å². The molecule has 3 nitrogen and oxygen atoms in total. The Morgan fingerprint density at radius 2 is 2.13 bits per heavy atom. The van der Waals surface area contributed by atoms with Crippen LogP contribution in [-0.4, -0.2) is 15.6 Å². The molecule has 0 radical (unpaired) electrons. The molecule has 0 aliphatic carbocycles. The Hall–Kier alpha value is -1.19. The van der Waals surface area contributed by atoms with E-state index in [0.29, 0.717) is 10.2 Å². The summed E-state index contributed by atoms with van der Waals surface area (Å²) in [5.41, 5.74) is 0.731. The normalized spacial score (nSPS) is 10.8. The Kier molecular flexibility index (Phi) is 2.59. The van der Waals surface area contributed by atoms with Crippen molar-refractivity contribution in [3.63, 3.8) is 0 Å². The van der Waals surface area contributed by atoms with Crippen molar-refractivity contribution in [2.75, 3.05) is 0 Å². The van der Waals surface area contributed by atoms with Crippen LogP contribution in [0.1, 0.15) is 0 Å². The van der Waals surface area contributed by atoms with Crippen molar-refractivity contribution >= 4 is 40.1 Å². The van der Waals surface area contributed by atoms with Crippen molar-refractivity contribution in [3.8, 4) is 0 Å². The predicted molar refractivity (Wildman–Crippen MR) is 59.6 cm³/mol. The van der Waals surface area contributed by atoms with E-state index in [9.17, 15) is 4.79 Å². The predicted octanol–water partition coefficient (Wildman–Crippen LogP) is 3.03. The number of carboxylic acid groups (broad SMARTS) is 1. The Bertz CT molecular complexity index is 533. The molecule has 1 N–H and O–H groups in total. The molecule has 1 aromatic heterocycles. The summed E-state index contributed by atoms with van der Waals surface area (Å²) in [5, 5.41) is 10.4. The molecule has 0 spiro atoms. The minimum atomic E-state index is -0.936. The van der Waals surface area contributed by atoms with E-state index in [1.807, 2.05) is 0 Å². The zero-order chi connectivity index (χ0) is 11.0. The van der Waals surface area contributed by atoms with Crippen molar-refractivity contribution in [1.82, 2.24) is 4.57 Å². The van der Waals surface area contributed by atoms with Gasteiger partial charge in [-0.3, -0.25) is 4.79 Å². The maximum absolute atomic E-state index is 10.6. The highest BCUT2D eigenvalue weighted by atomic mass is 35.5. The van der Waals surface area contributed by atoms with Gasteiger partial charge >= 0.3 is 5.97 Å². The molecule has 78 valence electrons. The monoisotopic (exact) mass is 243 g/mol. The third-order valence-electron chi connectivity index (χ3n) is 2.14. The number of aromatic nitrogens is 1. The van der Waals surface area contributed by atoms with E-state index in [2.05, 4.69) is 0 Å². The lowest BCUT2D eigenvalue weighted by molar-refractivity contribution is -0.137. The second kappa shape index (κ2) is 3.76. The molecular weight excluding hydrogens is 237 g/mol. The van der Waals surface area contributed by atoms with Crippen molar-refractivity contribution in [3.05, 3.63) is 34.4 Å². The van der Waals surface area contributed by atoms with Gasteiger partial charge in [0.25, 0.3) is 0 Å². The van der Waals surface area contributed by atoms with E-state index in [0.717, 1.165) is 10.9 Å². The third kappa shape index (κ3) is 1.80. The standard InChI is InChI=1S/C10H7Cl2NO2/c11-7-2-1-3-8-6(7)4-9(12)13(8)5-10(14)15/h1-4H,5H2,(H,14,15). The highest BCUT2D eigenvalue weighted by Gasteiger charge is 2.11. The van der Waals surface area contributed by atoms with Crippen LogP contribution in [0.15, 0.2) is 24.3 Å². The van der Waals surface area contributed by atoms with E-state index in [1.165, 1.54) is 4.57 Å². The third-order valence-corrected chi connectivity index (χ3v) is 2.78. The summed E-state index contributed by atoms with van der Waals surface area (Å²) in [6, 6.07) is 6.96. The van der Waals surface area contributed by atoms with Gasteiger partial charge in [0.2, 0.25) is 0 Å². The Balaban J connectivity index is 2.68. The molecule has 0 unspecified atom stereocenters. The molecule has 0 saturated heterocycles. The molecule has 0 aliphatic rings. The molecule has 1 heterocycles. The molecule has 0 bridgehead atoms. The molecule has 0 fully saturated rings. The van der Waals surface area contributed by atoms with Gasteiger partial charge in [0.05, 0.1) is 5.52 Å². The Labute approximate surface area is 95.8 Å². The molecule has 0 atom stereocenters. The average molecular weight is 244 g/mol. The van der Waals surface area contributed by atoms with E-state index < -0.39 is 5.97 Å². The smallest absolute Gasteiger partial charge is 0.323 e. The first-order valence-electron chi connectivity index (χ1n) is 4.24. The fourth-order valence-electron chi connectivity index (χ4n) is 1.51. The number of halogens is 2. The first-order valence-corrected chi connectivity index (χ1v) is 5.00. The first kappa shape index (κ1) is 10.3. The minimum absolute atomic E-state index is 0.164. The number of benzene rings is 1. The number of hydrogen-bond donors (Lipinski definition) is 1. The zero-order valence-electron chi connectivity index (χ0n) is 7.58. The number of rotatable bonds is 2. The maximum Gasteiger partial charge on any atom is 0.323 e. The van der Waals surface area contributed by atoms with Gasteiger partial charge in [-0.25, -0.2) is 0 Å². The SMILES string of the molecule is O=C(O)Cn1c(Cl)cc2c(Cl)cccc21. The number of nitrogens with zero attached hydrogens (tertiary/aromatic N) is 1. The maximum atomic E-state index is 10.6. The number of aliphatic carboxylic acids is 1. The fraction of sp³-hybridized carbons (Fsp3) is 0.100. The molecule has 0 saturated carbocycles. The molecule has 5 heteroatoms.